The average Bonchev–Trinajstić information content (AvgIpc) is 2.62. The number of hydrogen-bond acceptors (Lipinski definition) is 4. The third-order valence-corrected chi connectivity index (χ3v) is 3.81. The van der Waals surface area contributed by atoms with Gasteiger partial charge in [-0.2, -0.15) is 0 Å². The Balaban J connectivity index is 1.96. The molecule has 0 spiro atoms. The summed E-state index contributed by atoms with van der Waals surface area (Å²) < 4.78 is 0. The summed E-state index contributed by atoms with van der Waals surface area (Å²) in [6.07, 6.45) is 0.153. The van der Waals surface area contributed by atoms with Crippen LogP contribution in [0.4, 0.5) is 5.69 Å². The largest absolute Gasteiger partial charge is 0.480 e. The summed E-state index contributed by atoms with van der Waals surface area (Å²) in [5, 5.41) is 14.3. The molecule has 0 heterocycles. The third-order valence-electron chi connectivity index (χ3n) is 3.81. The second-order valence-electron chi connectivity index (χ2n) is 5.91. The minimum absolute atomic E-state index is 0.153. The number of carboxylic acids is 1. The number of benzene rings is 2. The Kier molecular flexibility index (Phi) is 6.32. The molecular formula is C19H21N3O4. The zero-order chi connectivity index (χ0) is 19.1. The zero-order valence-corrected chi connectivity index (χ0v) is 14.3. The number of rotatable bonds is 7. The monoisotopic (exact) mass is 355 g/mol. The number of carbonyl (C=O) groups is 3. The van der Waals surface area contributed by atoms with E-state index in [2.05, 4.69) is 10.6 Å². The van der Waals surface area contributed by atoms with Crippen molar-refractivity contribution in [1.82, 2.24) is 10.6 Å². The Labute approximate surface area is 151 Å². The molecule has 0 fully saturated rings. The van der Waals surface area contributed by atoms with Crippen molar-refractivity contribution < 1.29 is 19.5 Å². The molecule has 7 nitrogen and oxygen atoms in total. The van der Waals surface area contributed by atoms with E-state index in [-0.39, 0.29) is 6.42 Å². The maximum absolute atomic E-state index is 12.3. The van der Waals surface area contributed by atoms with Crippen LogP contribution in [0, 0.1) is 0 Å². The van der Waals surface area contributed by atoms with E-state index in [1.54, 1.807) is 48.5 Å². The number of nitrogens with two attached hydrogens (primary N) is 1. The molecule has 2 atom stereocenters. The van der Waals surface area contributed by atoms with Crippen molar-refractivity contribution in [2.45, 2.75) is 25.4 Å². The normalized spacial score (nSPS) is 12.7. The van der Waals surface area contributed by atoms with Crippen LogP contribution in [0.15, 0.2) is 54.6 Å². The van der Waals surface area contributed by atoms with Gasteiger partial charge < -0.3 is 21.5 Å². The number of anilines is 1. The highest BCUT2D eigenvalue weighted by Gasteiger charge is 2.24. The van der Waals surface area contributed by atoms with Gasteiger partial charge in [-0.15, -0.1) is 0 Å². The average molecular weight is 355 g/mol. The first kappa shape index (κ1) is 19.0. The van der Waals surface area contributed by atoms with E-state index in [0.29, 0.717) is 11.3 Å². The lowest BCUT2D eigenvalue weighted by Crippen LogP contribution is -2.51. The van der Waals surface area contributed by atoms with Crippen LogP contribution >= 0.6 is 0 Å². The molecule has 0 aliphatic carbocycles. The van der Waals surface area contributed by atoms with E-state index in [0.717, 1.165) is 5.56 Å². The maximum Gasteiger partial charge on any atom is 0.326 e. The van der Waals surface area contributed by atoms with Gasteiger partial charge in [0.2, 0.25) is 5.91 Å². The molecule has 5 N–H and O–H groups in total. The standard InChI is InChI=1S/C19H21N3O4/c1-12(21-18(24)14-7-9-15(20)10-8-14)17(23)22-16(19(25)26)11-13-5-3-2-4-6-13/h2-10,12,16H,11,20H2,1H3,(H,21,24)(H,22,23)(H,25,26). The van der Waals surface area contributed by atoms with E-state index in [1.807, 2.05) is 6.07 Å². The first-order chi connectivity index (χ1) is 12.4. The van der Waals surface area contributed by atoms with E-state index >= 15 is 0 Å². The molecular weight excluding hydrogens is 334 g/mol. The molecule has 0 radical (unpaired) electrons. The Bertz CT molecular complexity index is 775. The number of hydrogen-bond donors (Lipinski definition) is 4. The van der Waals surface area contributed by atoms with E-state index < -0.39 is 29.9 Å². The fraction of sp³-hybridized carbons (Fsp3) is 0.211. The lowest BCUT2D eigenvalue weighted by molar-refractivity contribution is -0.142. The Morgan fingerprint density at radius 1 is 1.00 bits per heavy atom. The van der Waals surface area contributed by atoms with Gasteiger partial charge in [0, 0.05) is 17.7 Å². The molecule has 0 aliphatic rings. The number of carboxylic acid groups (broad SMARTS) is 1. The molecule has 2 aromatic carbocycles. The number of nitrogens with one attached hydrogen (secondary N) is 2. The lowest BCUT2D eigenvalue weighted by atomic mass is 10.1. The van der Waals surface area contributed by atoms with Gasteiger partial charge in [0.15, 0.2) is 0 Å². The second-order valence-corrected chi connectivity index (χ2v) is 5.91. The number of carbonyl (C=O) groups excluding carboxylic acids is 2. The smallest absolute Gasteiger partial charge is 0.326 e. The van der Waals surface area contributed by atoms with Crippen LogP contribution in [0.3, 0.4) is 0 Å². The SMILES string of the molecule is CC(NC(=O)c1ccc(N)cc1)C(=O)NC(Cc1ccccc1)C(=O)O. The Hall–Kier alpha value is -3.35. The van der Waals surface area contributed by atoms with Gasteiger partial charge >= 0.3 is 5.97 Å². The molecule has 2 aromatic rings. The van der Waals surface area contributed by atoms with Crippen molar-refractivity contribution in [2.75, 3.05) is 5.73 Å². The van der Waals surface area contributed by atoms with Gasteiger partial charge in [-0.3, -0.25) is 9.59 Å². The molecule has 0 saturated heterocycles. The van der Waals surface area contributed by atoms with Gasteiger partial charge in [-0.25, -0.2) is 4.79 Å². The Morgan fingerprint density at radius 2 is 1.62 bits per heavy atom. The molecule has 7 heteroatoms. The van der Waals surface area contributed by atoms with Crippen LogP contribution in [0.25, 0.3) is 0 Å². The van der Waals surface area contributed by atoms with E-state index in [9.17, 15) is 19.5 Å². The van der Waals surface area contributed by atoms with Gasteiger partial charge in [0.05, 0.1) is 0 Å². The van der Waals surface area contributed by atoms with Crippen molar-refractivity contribution in [3.63, 3.8) is 0 Å². The van der Waals surface area contributed by atoms with Gasteiger partial charge in [0.1, 0.15) is 12.1 Å². The van der Waals surface area contributed by atoms with Gasteiger partial charge in [0.25, 0.3) is 5.91 Å². The van der Waals surface area contributed by atoms with Crippen LogP contribution in [0.2, 0.25) is 0 Å². The van der Waals surface area contributed by atoms with Crippen LogP contribution < -0.4 is 16.4 Å². The van der Waals surface area contributed by atoms with Crippen LogP contribution in [-0.4, -0.2) is 35.0 Å². The minimum atomic E-state index is -1.14. The van der Waals surface area contributed by atoms with Crippen molar-refractivity contribution in [2.24, 2.45) is 0 Å². The fourth-order valence-electron chi connectivity index (χ4n) is 2.33. The van der Waals surface area contributed by atoms with Crippen molar-refractivity contribution >= 4 is 23.5 Å². The molecule has 0 bridgehead atoms. The van der Waals surface area contributed by atoms with Crippen molar-refractivity contribution in [1.29, 1.82) is 0 Å². The zero-order valence-electron chi connectivity index (χ0n) is 14.3. The summed E-state index contributed by atoms with van der Waals surface area (Å²) in [7, 11) is 0. The molecule has 2 unspecified atom stereocenters. The summed E-state index contributed by atoms with van der Waals surface area (Å²) in [5.74, 6) is -2.15. The van der Waals surface area contributed by atoms with Crippen molar-refractivity contribution in [3.05, 3.63) is 65.7 Å². The summed E-state index contributed by atoms with van der Waals surface area (Å²) in [5.41, 5.74) is 7.25. The van der Waals surface area contributed by atoms with Crippen LogP contribution in [0.5, 0.6) is 0 Å². The summed E-state index contributed by atoms with van der Waals surface area (Å²) >= 11 is 0. The molecule has 2 rings (SSSR count). The summed E-state index contributed by atoms with van der Waals surface area (Å²) in [6.45, 7) is 1.49. The highest BCUT2D eigenvalue weighted by Crippen LogP contribution is 2.06. The fourth-order valence-corrected chi connectivity index (χ4v) is 2.33. The predicted molar refractivity (Wildman–Crippen MR) is 97.5 cm³/mol. The van der Waals surface area contributed by atoms with Crippen molar-refractivity contribution in [3.8, 4) is 0 Å². The third kappa shape index (κ3) is 5.34. The molecule has 0 aromatic heterocycles. The Morgan fingerprint density at radius 3 is 2.19 bits per heavy atom. The molecule has 2 amide bonds. The lowest BCUT2D eigenvalue weighted by Gasteiger charge is -2.19. The molecule has 0 saturated carbocycles. The topological polar surface area (TPSA) is 122 Å². The quantitative estimate of drug-likeness (QED) is 0.556. The van der Waals surface area contributed by atoms with Crippen LogP contribution in [-0.2, 0) is 16.0 Å². The van der Waals surface area contributed by atoms with E-state index in [1.165, 1.54) is 6.92 Å². The highest BCUT2D eigenvalue weighted by molar-refractivity contribution is 5.98. The second kappa shape index (κ2) is 8.66. The summed E-state index contributed by atoms with van der Waals surface area (Å²) in [6, 6.07) is 13.3. The number of amides is 2. The predicted octanol–water partition coefficient (Wildman–Crippen LogP) is 1.20. The maximum atomic E-state index is 12.3. The molecule has 136 valence electrons. The molecule has 0 aliphatic heterocycles. The van der Waals surface area contributed by atoms with Crippen LogP contribution in [0.1, 0.15) is 22.8 Å². The minimum Gasteiger partial charge on any atom is -0.480 e. The van der Waals surface area contributed by atoms with Gasteiger partial charge in [-0.05, 0) is 36.8 Å². The number of nitrogen functional groups attached to an aromatic ring is 1. The summed E-state index contributed by atoms with van der Waals surface area (Å²) in [4.78, 5) is 35.8. The molecule has 26 heavy (non-hydrogen) atoms. The highest BCUT2D eigenvalue weighted by atomic mass is 16.4. The van der Waals surface area contributed by atoms with E-state index in [4.69, 9.17) is 5.73 Å². The first-order valence-corrected chi connectivity index (χ1v) is 8.10. The number of aliphatic carboxylic acids is 1. The van der Waals surface area contributed by atoms with Gasteiger partial charge in [-0.1, -0.05) is 30.3 Å². The first-order valence-electron chi connectivity index (χ1n) is 8.10.